The van der Waals surface area contributed by atoms with Gasteiger partial charge in [0.15, 0.2) is 0 Å². The number of rotatable bonds is 5. The first-order valence-corrected chi connectivity index (χ1v) is 7.03. The van der Waals surface area contributed by atoms with E-state index in [4.69, 9.17) is 16.3 Å². The van der Waals surface area contributed by atoms with Crippen molar-refractivity contribution in [1.29, 1.82) is 0 Å². The lowest BCUT2D eigenvalue weighted by atomic mass is 10.1. The van der Waals surface area contributed by atoms with Crippen LogP contribution in [0.25, 0.3) is 0 Å². The van der Waals surface area contributed by atoms with E-state index >= 15 is 0 Å². The van der Waals surface area contributed by atoms with Crippen molar-refractivity contribution >= 4 is 11.6 Å². The van der Waals surface area contributed by atoms with E-state index in [2.05, 4.69) is 38.7 Å². The SMILES string of the molecule is CCCC(C)Oc1ccc(C#CCCCl)cc1C. The molecule has 0 bridgehead atoms. The van der Waals surface area contributed by atoms with Crippen molar-refractivity contribution in [2.24, 2.45) is 0 Å². The maximum atomic E-state index is 5.90. The Labute approximate surface area is 115 Å². The molecule has 0 aliphatic heterocycles. The van der Waals surface area contributed by atoms with Gasteiger partial charge in [-0.1, -0.05) is 25.2 Å². The predicted molar refractivity (Wildman–Crippen MR) is 78.4 cm³/mol. The van der Waals surface area contributed by atoms with Crippen molar-refractivity contribution in [3.8, 4) is 17.6 Å². The summed E-state index contributed by atoms with van der Waals surface area (Å²) in [6.07, 6.45) is 3.22. The molecule has 0 N–H and O–H groups in total. The van der Waals surface area contributed by atoms with Crippen LogP contribution in [0.1, 0.15) is 44.2 Å². The van der Waals surface area contributed by atoms with Crippen LogP contribution in [-0.2, 0) is 0 Å². The summed E-state index contributed by atoms with van der Waals surface area (Å²) in [7, 11) is 0. The van der Waals surface area contributed by atoms with E-state index in [1.807, 2.05) is 12.1 Å². The zero-order valence-electron chi connectivity index (χ0n) is 11.4. The molecule has 0 aromatic heterocycles. The summed E-state index contributed by atoms with van der Waals surface area (Å²) in [6, 6.07) is 6.07. The van der Waals surface area contributed by atoms with Gasteiger partial charge >= 0.3 is 0 Å². The molecular weight excluding hydrogens is 244 g/mol. The van der Waals surface area contributed by atoms with Crippen molar-refractivity contribution in [2.75, 3.05) is 5.88 Å². The van der Waals surface area contributed by atoms with E-state index in [-0.39, 0.29) is 6.10 Å². The summed E-state index contributed by atoms with van der Waals surface area (Å²) in [6.45, 7) is 6.33. The molecular formula is C16H21ClO. The van der Waals surface area contributed by atoms with E-state index < -0.39 is 0 Å². The average Bonchev–Trinajstić information content (AvgIpc) is 2.33. The van der Waals surface area contributed by atoms with Gasteiger partial charge in [0.1, 0.15) is 5.75 Å². The topological polar surface area (TPSA) is 9.23 Å². The third-order valence-corrected chi connectivity index (χ3v) is 2.84. The van der Waals surface area contributed by atoms with E-state index in [0.717, 1.165) is 36.1 Å². The van der Waals surface area contributed by atoms with Gasteiger partial charge < -0.3 is 4.74 Å². The van der Waals surface area contributed by atoms with Gasteiger partial charge in [0.2, 0.25) is 0 Å². The molecule has 1 nitrogen and oxygen atoms in total. The standard InChI is InChI=1S/C16H21ClO/c1-4-7-14(3)18-16-10-9-15(12-13(16)2)8-5-6-11-17/h9-10,12,14H,4,6-7,11H2,1-3H3. The van der Waals surface area contributed by atoms with Crippen LogP contribution in [-0.4, -0.2) is 12.0 Å². The van der Waals surface area contributed by atoms with Crippen molar-refractivity contribution in [2.45, 2.75) is 46.1 Å². The fraction of sp³-hybridized carbons (Fsp3) is 0.500. The molecule has 0 aliphatic rings. The molecule has 0 spiro atoms. The molecule has 1 unspecified atom stereocenters. The highest BCUT2D eigenvalue weighted by Gasteiger charge is 2.05. The van der Waals surface area contributed by atoms with Crippen LogP contribution in [0.15, 0.2) is 18.2 Å². The predicted octanol–water partition coefficient (Wildman–Crippen LogP) is 4.54. The van der Waals surface area contributed by atoms with E-state index in [0.29, 0.717) is 5.88 Å². The first kappa shape index (κ1) is 14.9. The first-order chi connectivity index (χ1) is 8.67. The Balaban J connectivity index is 2.71. The smallest absolute Gasteiger partial charge is 0.122 e. The van der Waals surface area contributed by atoms with Gasteiger partial charge in [-0.15, -0.1) is 11.6 Å². The Hall–Kier alpha value is -1.13. The first-order valence-electron chi connectivity index (χ1n) is 6.49. The van der Waals surface area contributed by atoms with Crippen molar-refractivity contribution < 1.29 is 4.74 Å². The molecule has 0 amide bonds. The lowest BCUT2D eigenvalue weighted by Crippen LogP contribution is -2.11. The van der Waals surface area contributed by atoms with Crippen LogP contribution in [0.3, 0.4) is 0 Å². The van der Waals surface area contributed by atoms with Crippen LogP contribution >= 0.6 is 11.6 Å². The molecule has 2 heteroatoms. The number of hydrogen-bond acceptors (Lipinski definition) is 1. The molecule has 0 fully saturated rings. The molecule has 1 aromatic carbocycles. The normalized spacial score (nSPS) is 11.6. The summed E-state index contributed by atoms with van der Waals surface area (Å²) in [5.41, 5.74) is 2.16. The quantitative estimate of drug-likeness (QED) is 0.560. The maximum Gasteiger partial charge on any atom is 0.122 e. The van der Waals surface area contributed by atoms with Crippen molar-refractivity contribution in [3.63, 3.8) is 0 Å². The van der Waals surface area contributed by atoms with Gasteiger partial charge in [0, 0.05) is 17.9 Å². The van der Waals surface area contributed by atoms with Gasteiger partial charge in [-0.3, -0.25) is 0 Å². The molecule has 0 radical (unpaired) electrons. The highest BCUT2D eigenvalue weighted by molar-refractivity contribution is 6.18. The number of aryl methyl sites for hydroxylation is 1. The Morgan fingerprint density at radius 1 is 1.39 bits per heavy atom. The summed E-state index contributed by atoms with van der Waals surface area (Å²) < 4.78 is 5.90. The highest BCUT2D eigenvalue weighted by atomic mass is 35.5. The second-order valence-electron chi connectivity index (χ2n) is 4.44. The molecule has 98 valence electrons. The molecule has 0 saturated heterocycles. The van der Waals surface area contributed by atoms with Crippen LogP contribution < -0.4 is 4.74 Å². The van der Waals surface area contributed by atoms with E-state index in [1.165, 1.54) is 0 Å². The molecule has 1 rings (SSSR count). The average molecular weight is 265 g/mol. The largest absolute Gasteiger partial charge is 0.490 e. The number of benzene rings is 1. The summed E-state index contributed by atoms with van der Waals surface area (Å²) in [5.74, 6) is 7.68. The van der Waals surface area contributed by atoms with Crippen LogP contribution in [0.2, 0.25) is 0 Å². The zero-order chi connectivity index (χ0) is 13.4. The minimum absolute atomic E-state index is 0.266. The minimum Gasteiger partial charge on any atom is -0.490 e. The van der Waals surface area contributed by atoms with Gasteiger partial charge in [0.05, 0.1) is 6.10 Å². The Bertz CT molecular complexity index is 428. The number of hydrogen-bond donors (Lipinski definition) is 0. The van der Waals surface area contributed by atoms with Gasteiger partial charge in [0.25, 0.3) is 0 Å². The highest BCUT2D eigenvalue weighted by Crippen LogP contribution is 2.21. The third-order valence-electron chi connectivity index (χ3n) is 2.65. The monoisotopic (exact) mass is 264 g/mol. The molecule has 0 saturated carbocycles. The lowest BCUT2D eigenvalue weighted by molar-refractivity contribution is 0.208. The summed E-state index contributed by atoms with van der Waals surface area (Å²) in [4.78, 5) is 0. The number of alkyl halides is 1. The molecule has 1 aromatic rings. The molecule has 0 heterocycles. The lowest BCUT2D eigenvalue weighted by Gasteiger charge is -2.15. The Morgan fingerprint density at radius 2 is 2.17 bits per heavy atom. The van der Waals surface area contributed by atoms with Gasteiger partial charge in [-0.2, -0.15) is 0 Å². The minimum atomic E-state index is 0.266. The van der Waals surface area contributed by atoms with Crippen LogP contribution in [0.5, 0.6) is 5.75 Å². The second kappa shape index (κ2) is 8.06. The zero-order valence-corrected chi connectivity index (χ0v) is 12.2. The van der Waals surface area contributed by atoms with Crippen molar-refractivity contribution in [3.05, 3.63) is 29.3 Å². The molecule has 1 atom stereocenters. The second-order valence-corrected chi connectivity index (χ2v) is 4.82. The fourth-order valence-electron chi connectivity index (χ4n) is 1.75. The van der Waals surface area contributed by atoms with Crippen LogP contribution in [0, 0.1) is 18.8 Å². The number of halogens is 1. The molecule has 0 aliphatic carbocycles. The summed E-state index contributed by atoms with van der Waals surface area (Å²) >= 11 is 5.59. The number of ether oxygens (including phenoxy) is 1. The molecule has 18 heavy (non-hydrogen) atoms. The Morgan fingerprint density at radius 3 is 2.78 bits per heavy atom. The van der Waals surface area contributed by atoms with Crippen molar-refractivity contribution in [1.82, 2.24) is 0 Å². The fourth-order valence-corrected chi connectivity index (χ4v) is 1.85. The van der Waals surface area contributed by atoms with E-state index in [9.17, 15) is 0 Å². The van der Waals surface area contributed by atoms with Gasteiger partial charge in [-0.25, -0.2) is 0 Å². The summed E-state index contributed by atoms with van der Waals surface area (Å²) in [5, 5.41) is 0. The van der Waals surface area contributed by atoms with Crippen LogP contribution in [0.4, 0.5) is 0 Å². The maximum absolute atomic E-state index is 5.90. The van der Waals surface area contributed by atoms with Gasteiger partial charge in [-0.05, 0) is 44.0 Å². The third kappa shape index (κ3) is 5.02. The van der Waals surface area contributed by atoms with E-state index in [1.54, 1.807) is 0 Å². The Kier molecular flexibility index (Phi) is 6.68.